The van der Waals surface area contributed by atoms with E-state index in [-0.39, 0.29) is 5.54 Å². The molecule has 30 heavy (non-hydrogen) atoms. The summed E-state index contributed by atoms with van der Waals surface area (Å²) in [5.74, 6) is 0.883. The van der Waals surface area contributed by atoms with Crippen LogP contribution in [0.15, 0.2) is 51.7 Å². The van der Waals surface area contributed by atoms with Gasteiger partial charge in [0.25, 0.3) is 0 Å². The summed E-state index contributed by atoms with van der Waals surface area (Å²) in [5, 5.41) is 14.8. The highest BCUT2D eigenvalue weighted by Crippen LogP contribution is 2.47. The van der Waals surface area contributed by atoms with Gasteiger partial charge in [0.2, 0.25) is 0 Å². The van der Waals surface area contributed by atoms with Crippen LogP contribution in [0.4, 0.5) is 0 Å². The lowest BCUT2D eigenvalue weighted by molar-refractivity contribution is 0.103. The highest BCUT2D eigenvalue weighted by Gasteiger charge is 2.50. The lowest BCUT2D eigenvalue weighted by Crippen LogP contribution is -2.45. The summed E-state index contributed by atoms with van der Waals surface area (Å²) in [5.41, 5.74) is 3.37. The fraction of sp³-hybridized carbons (Fsp3) is 0.458. The minimum Gasteiger partial charge on any atom is -0.497 e. The lowest BCUT2D eigenvalue weighted by atomic mass is 9.81. The van der Waals surface area contributed by atoms with Crippen molar-refractivity contribution in [2.75, 3.05) is 7.11 Å². The topological polar surface area (TPSA) is 87.5 Å². The number of hydrogen-bond donors (Lipinski definition) is 3. The maximum absolute atomic E-state index is 11.4. The Labute approximate surface area is 175 Å². The molecule has 1 aromatic heterocycles. The van der Waals surface area contributed by atoms with E-state index in [9.17, 15) is 9.90 Å². The highest BCUT2D eigenvalue weighted by atomic mass is 16.5. The maximum atomic E-state index is 11.4. The first-order valence-electron chi connectivity index (χ1n) is 10.8. The van der Waals surface area contributed by atoms with E-state index in [1.54, 1.807) is 7.11 Å². The van der Waals surface area contributed by atoms with Crippen molar-refractivity contribution in [1.29, 1.82) is 0 Å². The van der Waals surface area contributed by atoms with Crippen molar-refractivity contribution in [2.45, 2.75) is 62.1 Å². The highest BCUT2D eigenvalue weighted by molar-refractivity contribution is 5.72. The zero-order chi connectivity index (χ0) is 20.7. The van der Waals surface area contributed by atoms with Crippen LogP contribution in [0.2, 0.25) is 0 Å². The average Bonchev–Trinajstić information content (AvgIpc) is 3.45. The van der Waals surface area contributed by atoms with E-state index < -0.39 is 11.9 Å². The maximum Gasteiger partial charge on any atom is 0.417 e. The van der Waals surface area contributed by atoms with Crippen molar-refractivity contribution in [2.24, 2.45) is 0 Å². The predicted octanol–water partition coefficient (Wildman–Crippen LogP) is 4.01. The molecule has 2 fully saturated rings. The van der Waals surface area contributed by atoms with Crippen LogP contribution in [0.5, 0.6) is 5.75 Å². The van der Waals surface area contributed by atoms with Crippen LogP contribution < -0.4 is 15.8 Å². The van der Waals surface area contributed by atoms with Gasteiger partial charge in [-0.05, 0) is 79.8 Å². The van der Waals surface area contributed by atoms with E-state index in [1.165, 1.54) is 5.56 Å². The summed E-state index contributed by atoms with van der Waals surface area (Å²) >= 11 is 0. The molecular weight excluding hydrogens is 380 g/mol. The van der Waals surface area contributed by atoms with E-state index in [2.05, 4.69) is 16.4 Å². The largest absolute Gasteiger partial charge is 0.497 e. The van der Waals surface area contributed by atoms with Crippen LogP contribution in [-0.2, 0) is 0 Å². The van der Waals surface area contributed by atoms with Crippen molar-refractivity contribution in [3.05, 3.63) is 64.1 Å². The molecular formula is C24H28N2O4. The molecule has 0 saturated heterocycles. The molecule has 158 valence electrons. The Morgan fingerprint density at radius 3 is 2.53 bits per heavy atom. The molecule has 2 aliphatic rings. The number of benzene rings is 2. The molecule has 0 spiro atoms. The van der Waals surface area contributed by atoms with Crippen molar-refractivity contribution in [1.82, 2.24) is 10.3 Å². The molecule has 3 N–H and O–H groups in total. The van der Waals surface area contributed by atoms with Gasteiger partial charge in [-0.2, -0.15) is 0 Å². The number of rotatable bonds is 6. The lowest BCUT2D eigenvalue weighted by Gasteiger charge is -2.34. The molecule has 0 bridgehead atoms. The van der Waals surface area contributed by atoms with Crippen molar-refractivity contribution in [3.8, 4) is 5.75 Å². The molecule has 0 radical (unpaired) electrons. The Hall–Kier alpha value is -2.57. The Morgan fingerprint density at radius 2 is 1.87 bits per heavy atom. The Balaban J connectivity index is 1.21. The number of aliphatic hydroxyl groups excluding tert-OH is 1. The van der Waals surface area contributed by atoms with Crippen molar-refractivity contribution in [3.63, 3.8) is 0 Å². The SMILES string of the molecule is COc1ccc([C@H](O)C2(NC3CCC(c4ccc5[nH]c(=O)oc5c4)CC3)CC2)cc1. The molecule has 1 atom stereocenters. The van der Waals surface area contributed by atoms with Gasteiger partial charge >= 0.3 is 5.76 Å². The number of ether oxygens (including phenoxy) is 1. The Morgan fingerprint density at radius 1 is 1.13 bits per heavy atom. The second-order valence-corrected chi connectivity index (χ2v) is 8.79. The van der Waals surface area contributed by atoms with Gasteiger partial charge in [0, 0.05) is 11.6 Å². The second kappa shape index (κ2) is 7.60. The molecule has 1 heterocycles. The molecule has 0 aliphatic heterocycles. The number of oxazole rings is 1. The van der Waals surface area contributed by atoms with Gasteiger partial charge in [-0.15, -0.1) is 0 Å². The summed E-state index contributed by atoms with van der Waals surface area (Å²) in [7, 11) is 1.65. The third-order valence-electron chi connectivity index (χ3n) is 6.88. The fourth-order valence-electron chi connectivity index (χ4n) is 4.93. The molecule has 6 heteroatoms. The van der Waals surface area contributed by atoms with Crippen LogP contribution in [-0.4, -0.2) is 28.8 Å². The Bertz CT molecular complexity index is 1070. The minimum atomic E-state index is -0.500. The molecule has 2 aliphatic carbocycles. The number of nitrogens with one attached hydrogen (secondary N) is 2. The minimum absolute atomic E-state index is 0.195. The van der Waals surface area contributed by atoms with Crippen molar-refractivity contribution < 1.29 is 14.3 Å². The van der Waals surface area contributed by atoms with Gasteiger partial charge < -0.3 is 19.6 Å². The summed E-state index contributed by atoms with van der Waals surface area (Å²) in [4.78, 5) is 14.1. The van der Waals surface area contributed by atoms with E-state index in [0.29, 0.717) is 17.5 Å². The molecule has 6 nitrogen and oxygen atoms in total. The first-order chi connectivity index (χ1) is 14.6. The number of aromatic amines is 1. The second-order valence-electron chi connectivity index (χ2n) is 8.79. The monoisotopic (exact) mass is 408 g/mol. The van der Waals surface area contributed by atoms with Gasteiger partial charge in [-0.1, -0.05) is 18.2 Å². The number of aliphatic hydroxyl groups is 1. The van der Waals surface area contributed by atoms with Gasteiger partial charge in [0.05, 0.1) is 18.7 Å². The smallest absolute Gasteiger partial charge is 0.417 e. The number of fused-ring (bicyclic) bond motifs is 1. The van der Waals surface area contributed by atoms with Crippen LogP contribution >= 0.6 is 0 Å². The van der Waals surface area contributed by atoms with Crippen molar-refractivity contribution >= 4 is 11.1 Å². The summed E-state index contributed by atoms with van der Waals surface area (Å²) < 4.78 is 10.4. The first-order valence-corrected chi connectivity index (χ1v) is 10.8. The molecule has 5 rings (SSSR count). The average molecular weight is 408 g/mol. The molecule has 0 amide bonds. The number of methoxy groups -OCH3 is 1. The van der Waals surface area contributed by atoms with E-state index in [1.807, 2.05) is 36.4 Å². The van der Waals surface area contributed by atoms with Crippen LogP contribution in [0.1, 0.15) is 61.7 Å². The molecule has 3 aromatic rings. The zero-order valence-corrected chi connectivity index (χ0v) is 17.2. The third kappa shape index (κ3) is 3.66. The fourth-order valence-corrected chi connectivity index (χ4v) is 4.93. The van der Waals surface area contributed by atoms with Crippen LogP contribution in [0, 0.1) is 0 Å². The van der Waals surface area contributed by atoms with Crippen LogP contribution in [0.25, 0.3) is 11.1 Å². The number of aromatic nitrogens is 1. The number of hydrogen-bond acceptors (Lipinski definition) is 5. The van der Waals surface area contributed by atoms with E-state index >= 15 is 0 Å². The van der Waals surface area contributed by atoms with Gasteiger partial charge in [0.15, 0.2) is 5.58 Å². The van der Waals surface area contributed by atoms with E-state index in [0.717, 1.165) is 55.4 Å². The summed E-state index contributed by atoms with van der Waals surface area (Å²) in [6, 6.07) is 14.2. The standard InChI is InChI=1S/C24H28N2O4/c1-29-19-9-4-16(5-10-19)22(27)24(12-13-24)26-18-7-2-15(3-8-18)17-6-11-20-21(14-17)30-23(28)25-20/h4-6,9-11,14-15,18,22,26-27H,2-3,7-8,12-13H2,1H3,(H,25,28)/t15?,18?,22-/m0/s1. The van der Waals surface area contributed by atoms with Crippen LogP contribution in [0.3, 0.4) is 0 Å². The van der Waals surface area contributed by atoms with Gasteiger partial charge in [0.1, 0.15) is 5.75 Å². The first kappa shape index (κ1) is 19.4. The molecule has 0 unspecified atom stereocenters. The quantitative estimate of drug-likeness (QED) is 0.574. The normalized spacial score (nSPS) is 23.9. The molecule has 2 aromatic carbocycles. The van der Waals surface area contributed by atoms with Gasteiger partial charge in [-0.25, -0.2) is 4.79 Å². The summed E-state index contributed by atoms with van der Waals surface area (Å²) in [6.07, 6.45) is 5.85. The number of H-pyrrole nitrogens is 1. The van der Waals surface area contributed by atoms with E-state index in [4.69, 9.17) is 9.15 Å². The third-order valence-corrected chi connectivity index (χ3v) is 6.88. The summed E-state index contributed by atoms with van der Waals surface area (Å²) in [6.45, 7) is 0. The zero-order valence-electron chi connectivity index (χ0n) is 17.2. The predicted molar refractivity (Wildman–Crippen MR) is 115 cm³/mol. The van der Waals surface area contributed by atoms with Gasteiger partial charge in [-0.3, -0.25) is 4.98 Å². The molecule has 2 saturated carbocycles. The Kier molecular flexibility index (Phi) is 4.91.